The van der Waals surface area contributed by atoms with Crippen molar-refractivity contribution in [2.45, 2.75) is 79.6 Å². The first-order valence-electron chi connectivity index (χ1n) is 10.4. The molecule has 1 saturated carbocycles. The Hall–Kier alpha value is -1.31. The van der Waals surface area contributed by atoms with Crippen LogP contribution in [0.2, 0.25) is 0 Å². The number of hydrogen-bond acceptors (Lipinski definition) is 1. The summed E-state index contributed by atoms with van der Waals surface area (Å²) in [6.45, 7) is 11.2. The number of carbonyl (C=O) groups is 1. The second-order valence-electron chi connectivity index (χ2n) is 8.41. The highest BCUT2D eigenvalue weighted by molar-refractivity contribution is 5.93. The molecule has 1 aliphatic carbocycles. The van der Waals surface area contributed by atoms with Gasteiger partial charge in [-0.25, -0.2) is 0 Å². The predicted octanol–water partition coefficient (Wildman–Crippen LogP) is 6.24. The van der Waals surface area contributed by atoms with Crippen molar-refractivity contribution in [3.05, 3.63) is 29.3 Å². The minimum atomic E-state index is 0.161. The SMILES string of the molecule is CCCc1ccc(NC(=O)C2CC(C)CCC2C(C)C)c(CCC)c1. The van der Waals surface area contributed by atoms with Gasteiger partial charge in [0.1, 0.15) is 0 Å². The van der Waals surface area contributed by atoms with Crippen molar-refractivity contribution in [2.75, 3.05) is 5.32 Å². The molecule has 2 heteroatoms. The van der Waals surface area contributed by atoms with Crippen LogP contribution in [-0.2, 0) is 17.6 Å². The first-order chi connectivity index (χ1) is 12.0. The van der Waals surface area contributed by atoms with Gasteiger partial charge in [-0.15, -0.1) is 0 Å². The van der Waals surface area contributed by atoms with Crippen molar-refractivity contribution in [1.29, 1.82) is 0 Å². The molecule has 1 fully saturated rings. The first-order valence-corrected chi connectivity index (χ1v) is 10.4. The fourth-order valence-electron chi connectivity index (χ4n) is 4.42. The van der Waals surface area contributed by atoms with E-state index >= 15 is 0 Å². The molecule has 1 amide bonds. The minimum Gasteiger partial charge on any atom is -0.326 e. The fraction of sp³-hybridized carbons (Fsp3) is 0.696. The van der Waals surface area contributed by atoms with Crippen LogP contribution in [0, 0.1) is 23.7 Å². The normalized spacial score (nSPS) is 23.7. The van der Waals surface area contributed by atoms with E-state index in [-0.39, 0.29) is 11.8 Å². The number of rotatable bonds is 7. The van der Waals surface area contributed by atoms with Crippen LogP contribution in [0.4, 0.5) is 5.69 Å². The number of anilines is 1. The van der Waals surface area contributed by atoms with Crippen LogP contribution < -0.4 is 5.32 Å². The van der Waals surface area contributed by atoms with Gasteiger partial charge in [-0.3, -0.25) is 4.79 Å². The smallest absolute Gasteiger partial charge is 0.227 e. The summed E-state index contributed by atoms with van der Waals surface area (Å²) in [7, 11) is 0. The summed E-state index contributed by atoms with van der Waals surface area (Å²) in [4.78, 5) is 13.1. The molecule has 0 bridgehead atoms. The molecule has 0 aliphatic heterocycles. The molecule has 0 spiro atoms. The quantitative estimate of drug-likeness (QED) is 0.624. The first kappa shape index (κ1) is 20.0. The highest BCUT2D eigenvalue weighted by Crippen LogP contribution is 2.38. The van der Waals surface area contributed by atoms with Gasteiger partial charge in [0.15, 0.2) is 0 Å². The van der Waals surface area contributed by atoms with Crippen molar-refractivity contribution in [3.63, 3.8) is 0 Å². The molecule has 25 heavy (non-hydrogen) atoms. The van der Waals surface area contributed by atoms with Crippen LogP contribution in [0.3, 0.4) is 0 Å². The van der Waals surface area contributed by atoms with Crippen LogP contribution in [0.15, 0.2) is 18.2 Å². The standard InChI is InChI=1S/C23H37NO/c1-6-8-18-11-13-22(19(15-18)9-7-2)24-23(25)21-14-17(5)10-12-20(21)16(3)4/h11,13,15-17,20-21H,6-10,12,14H2,1-5H3,(H,24,25). The van der Waals surface area contributed by atoms with Crippen LogP contribution in [0.5, 0.6) is 0 Å². The average Bonchev–Trinajstić information content (AvgIpc) is 2.57. The summed E-state index contributed by atoms with van der Waals surface area (Å²) in [6.07, 6.45) is 7.89. The van der Waals surface area contributed by atoms with Gasteiger partial charge < -0.3 is 5.32 Å². The summed E-state index contributed by atoms with van der Waals surface area (Å²) >= 11 is 0. The Labute approximate surface area is 154 Å². The lowest BCUT2D eigenvalue weighted by atomic mass is 9.70. The Morgan fingerprint density at radius 3 is 2.52 bits per heavy atom. The third-order valence-electron chi connectivity index (χ3n) is 5.84. The van der Waals surface area contributed by atoms with Crippen LogP contribution >= 0.6 is 0 Å². The molecule has 2 nitrogen and oxygen atoms in total. The van der Waals surface area contributed by atoms with Crippen LogP contribution in [0.25, 0.3) is 0 Å². The largest absolute Gasteiger partial charge is 0.326 e. The predicted molar refractivity (Wildman–Crippen MR) is 108 cm³/mol. The van der Waals surface area contributed by atoms with Gasteiger partial charge in [0.05, 0.1) is 0 Å². The third-order valence-corrected chi connectivity index (χ3v) is 5.84. The van der Waals surface area contributed by atoms with E-state index in [0.29, 0.717) is 17.8 Å². The zero-order valence-corrected chi connectivity index (χ0v) is 16.9. The van der Waals surface area contributed by atoms with Gasteiger partial charge >= 0.3 is 0 Å². The Morgan fingerprint density at radius 2 is 1.88 bits per heavy atom. The highest BCUT2D eigenvalue weighted by Gasteiger charge is 2.35. The van der Waals surface area contributed by atoms with E-state index in [1.165, 1.54) is 24.0 Å². The van der Waals surface area contributed by atoms with Crippen LogP contribution in [0.1, 0.15) is 77.8 Å². The lowest BCUT2D eigenvalue weighted by molar-refractivity contribution is -0.124. The summed E-state index contributed by atoms with van der Waals surface area (Å²) in [5.41, 5.74) is 3.72. The molecule has 1 aromatic rings. The summed E-state index contributed by atoms with van der Waals surface area (Å²) in [5, 5.41) is 3.30. The zero-order chi connectivity index (χ0) is 18.4. The summed E-state index contributed by atoms with van der Waals surface area (Å²) < 4.78 is 0. The maximum Gasteiger partial charge on any atom is 0.227 e. The van der Waals surface area contributed by atoms with Gasteiger partial charge in [0, 0.05) is 11.6 Å². The molecule has 0 radical (unpaired) electrons. The van der Waals surface area contributed by atoms with Gasteiger partial charge in [0.2, 0.25) is 5.91 Å². The second kappa shape index (κ2) is 9.40. The molecule has 3 unspecified atom stereocenters. The molecule has 1 N–H and O–H groups in total. The minimum absolute atomic E-state index is 0.161. The number of hydrogen-bond donors (Lipinski definition) is 1. The maximum absolute atomic E-state index is 13.1. The Bertz CT molecular complexity index is 563. The molecular formula is C23H37NO. The number of nitrogens with one attached hydrogen (secondary N) is 1. The monoisotopic (exact) mass is 343 g/mol. The van der Waals surface area contributed by atoms with Crippen molar-refractivity contribution in [1.82, 2.24) is 0 Å². The van der Waals surface area contributed by atoms with Crippen molar-refractivity contribution < 1.29 is 4.79 Å². The molecule has 0 saturated heterocycles. The third kappa shape index (κ3) is 5.33. The van der Waals surface area contributed by atoms with E-state index in [0.717, 1.165) is 37.8 Å². The summed E-state index contributed by atoms with van der Waals surface area (Å²) in [6, 6.07) is 6.61. The molecule has 0 heterocycles. The lowest BCUT2D eigenvalue weighted by Gasteiger charge is -2.36. The molecule has 3 atom stereocenters. The second-order valence-corrected chi connectivity index (χ2v) is 8.41. The van der Waals surface area contributed by atoms with Crippen molar-refractivity contribution in [2.24, 2.45) is 23.7 Å². The number of amides is 1. The Balaban J connectivity index is 2.17. The number of benzene rings is 1. The molecule has 140 valence electrons. The van der Waals surface area contributed by atoms with E-state index in [9.17, 15) is 4.79 Å². The topological polar surface area (TPSA) is 29.1 Å². The van der Waals surface area contributed by atoms with Crippen molar-refractivity contribution in [3.8, 4) is 0 Å². The molecule has 1 aliphatic rings. The molecular weight excluding hydrogens is 306 g/mol. The molecule has 2 rings (SSSR count). The lowest BCUT2D eigenvalue weighted by Crippen LogP contribution is -2.36. The number of carbonyl (C=O) groups excluding carboxylic acids is 1. The molecule has 0 aromatic heterocycles. The average molecular weight is 344 g/mol. The zero-order valence-electron chi connectivity index (χ0n) is 16.9. The maximum atomic E-state index is 13.1. The van der Waals surface area contributed by atoms with E-state index in [1.54, 1.807) is 0 Å². The number of aryl methyl sites for hydroxylation is 2. The van der Waals surface area contributed by atoms with E-state index in [2.05, 4.69) is 58.1 Å². The fourth-order valence-corrected chi connectivity index (χ4v) is 4.42. The Kier molecular flexibility index (Phi) is 7.53. The van der Waals surface area contributed by atoms with Gasteiger partial charge in [-0.05, 0) is 60.6 Å². The molecule has 1 aromatic carbocycles. The van der Waals surface area contributed by atoms with E-state index < -0.39 is 0 Å². The Morgan fingerprint density at radius 1 is 1.16 bits per heavy atom. The van der Waals surface area contributed by atoms with Gasteiger partial charge in [-0.2, -0.15) is 0 Å². The summed E-state index contributed by atoms with van der Waals surface area (Å²) in [5.74, 6) is 2.16. The van der Waals surface area contributed by atoms with Gasteiger partial charge in [0.25, 0.3) is 0 Å². The van der Waals surface area contributed by atoms with E-state index in [4.69, 9.17) is 0 Å². The van der Waals surface area contributed by atoms with Gasteiger partial charge in [-0.1, -0.05) is 66.0 Å². The highest BCUT2D eigenvalue weighted by atomic mass is 16.1. The van der Waals surface area contributed by atoms with E-state index in [1.807, 2.05) is 0 Å². The van der Waals surface area contributed by atoms with Crippen LogP contribution in [-0.4, -0.2) is 5.91 Å². The van der Waals surface area contributed by atoms with Crippen molar-refractivity contribution >= 4 is 11.6 Å².